The molecule has 0 saturated heterocycles. The summed E-state index contributed by atoms with van der Waals surface area (Å²) in [5, 5.41) is 20.3. The monoisotopic (exact) mass is 344 g/mol. The largest absolute Gasteiger partial charge is 0.481 e. The molecule has 0 heterocycles. The van der Waals surface area contributed by atoms with E-state index in [2.05, 4.69) is 0 Å². The quantitative estimate of drug-likeness (QED) is 0.221. The van der Waals surface area contributed by atoms with E-state index >= 15 is 0 Å². The summed E-state index contributed by atoms with van der Waals surface area (Å²) in [5.74, 6) is -0.973. The number of aliphatic carboxylic acids is 1. The molecule has 23 heavy (non-hydrogen) atoms. The van der Waals surface area contributed by atoms with Crippen LogP contribution >= 0.6 is 0 Å². The molecule has 1 N–H and O–H groups in total. The number of carboxylic acids is 1. The Balaban J connectivity index is 6.34. The third-order valence-corrected chi connectivity index (χ3v) is 2.63. The van der Waals surface area contributed by atoms with Gasteiger partial charge in [0, 0.05) is 36.1 Å². The van der Waals surface area contributed by atoms with Crippen molar-refractivity contribution in [2.24, 2.45) is 0 Å². The molecule has 5 heteroatoms. The topological polar surface area (TPSA) is 80.4 Å². The van der Waals surface area contributed by atoms with Crippen LogP contribution in [0.1, 0.15) is 120 Å². The first-order valence-electron chi connectivity index (χ1n) is 15.6. The summed E-state index contributed by atoms with van der Waals surface area (Å²) in [6.45, 7) is -3.89. The maximum atomic E-state index is 11.6. The summed E-state index contributed by atoms with van der Waals surface area (Å²) in [6.07, 6.45) is -27.7. The molecule has 0 saturated carbocycles. The van der Waals surface area contributed by atoms with E-state index < -0.39 is 68.1 Å². The number of nitrogens with zero attached hydrogens (tertiary/aromatic N) is 1. The Morgan fingerprint density at radius 3 is 2.48 bits per heavy atom. The van der Waals surface area contributed by atoms with E-state index in [1.807, 2.05) is 0 Å². The SMILES string of the molecule is [2H]C([2H])([2H])C([2H])([2H])C([2H])([2H])C([2H])([2H])C([2H])([2H])C([2H])([2H])C([2H])([2H])C([2H])([2H])/C(=C\CCCCCCCC(=O)O)[N+](=O)[O-]. The van der Waals surface area contributed by atoms with Crippen LogP contribution in [0, 0.1) is 10.1 Å². The number of hydrogen-bond donors (Lipinski definition) is 1. The maximum absolute atomic E-state index is 11.6. The number of allylic oxidation sites excluding steroid dienone is 2. The van der Waals surface area contributed by atoms with Gasteiger partial charge in [0.05, 0.1) is 4.92 Å². The van der Waals surface area contributed by atoms with Gasteiger partial charge in [0.1, 0.15) is 0 Å². The van der Waals surface area contributed by atoms with E-state index in [9.17, 15) is 14.9 Å². The van der Waals surface area contributed by atoms with Gasteiger partial charge in [-0.2, -0.15) is 0 Å². The number of rotatable bonds is 16. The van der Waals surface area contributed by atoms with Crippen molar-refractivity contribution in [1.82, 2.24) is 0 Å². The number of unbranched alkanes of at least 4 members (excludes halogenated alkanes) is 5. The van der Waals surface area contributed by atoms with E-state index in [4.69, 9.17) is 28.4 Å². The molecule has 0 aliphatic heterocycles. The minimum absolute atomic E-state index is 0.0452. The van der Waals surface area contributed by atoms with Crippen LogP contribution in [-0.4, -0.2) is 16.0 Å². The van der Waals surface area contributed by atoms with E-state index in [0.29, 0.717) is 31.8 Å². The lowest BCUT2D eigenvalue weighted by atomic mass is 10.1. The molecule has 0 aliphatic carbocycles. The summed E-state index contributed by atoms with van der Waals surface area (Å²) < 4.78 is 133. The molecular weight excluding hydrogens is 294 g/mol. The lowest BCUT2D eigenvalue weighted by Gasteiger charge is -2.01. The fraction of sp³-hybridized carbons (Fsp3) is 0.833. The molecule has 0 fully saturated rings. The molecule has 134 valence electrons. The minimum Gasteiger partial charge on any atom is -0.481 e. The lowest BCUT2D eigenvalue weighted by Crippen LogP contribution is -1.99. The van der Waals surface area contributed by atoms with Gasteiger partial charge >= 0.3 is 5.97 Å². The lowest BCUT2D eigenvalue weighted by molar-refractivity contribution is -0.428. The molecule has 0 unspecified atom stereocenters. The Kier molecular flexibility index (Phi) is 4.37. The highest BCUT2D eigenvalue weighted by Gasteiger charge is 2.09. The highest BCUT2D eigenvalue weighted by atomic mass is 16.6. The van der Waals surface area contributed by atoms with Crippen molar-refractivity contribution >= 4 is 5.97 Å². The summed E-state index contributed by atoms with van der Waals surface area (Å²) in [4.78, 5) is 20.8. The van der Waals surface area contributed by atoms with Gasteiger partial charge in [0.25, 0.3) is 0 Å². The van der Waals surface area contributed by atoms with Gasteiger partial charge in [-0.3, -0.25) is 14.9 Å². The zero-order valence-electron chi connectivity index (χ0n) is 29.6. The predicted molar refractivity (Wildman–Crippen MR) is 93.0 cm³/mol. The van der Waals surface area contributed by atoms with Gasteiger partial charge in [0.2, 0.25) is 5.70 Å². The molecule has 0 radical (unpaired) electrons. The van der Waals surface area contributed by atoms with Crippen LogP contribution < -0.4 is 0 Å². The van der Waals surface area contributed by atoms with E-state index in [-0.39, 0.29) is 19.3 Å². The average molecular weight is 345 g/mol. The third kappa shape index (κ3) is 15.3. The molecule has 0 aromatic heterocycles. The van der Waals surface area contributed by atoms with Crippen molar-refractivity contribution in [3.8, 4) is 0 Å². The normalized spacial score (nSPS) is 27.5. The van der Waals surface area contributed by atoms with Crippen molar-refractivity contribution in [2.45, 2.75) is 96.4 Å². The first kappa shape index (κ1) is 6.49. The van der Waals surface area contributed by atoms with E-state index in [1.165, 1.54) is 0 Å². The highest BCUT2D eigenvalue weighted by molar-refractivity contribution is 5.66. The smallest absolute Gasteiger partial charge is 0.303 e. The summed E-state index contributed by atoms with van der Waals surface area (Å²) >= 11 is 0. The number of hydrogen-bond acceptors (Lipinski definition) is 3. The Labute approximate surface area is 164 Å². The highest BCUT2D eigenvalue weighted by Crippen LogP contribution is 2.14. The van der Waals surface area contributed by atoms with Gasteiger partial charge in [-0.1, -0.05) is 58.0 Å². The van der Waals surface area contributed by atoms with Crippen LogP contribution in [0.5, 0.6) is 0 Å². The van der Waals surface area contributed by atoms with Gasteiger partial charge in [-0.25, -0.2) is 0 Å². The second-order valence-electron chi connectivity index (χ2n) is 4.42. The van der Waals surface area contributed by atoms with Crippen molar-refractivity contribution in [2.75, 3.05) is 0 Å². The molecule has 0 aliphatic rings. The van der Waals surface area contributed by atoms with Crippen molar-refractivity contribution < 1.29 is 38.1 Å². The van der Waals surface area contributed by atoms with Crippen LogP contribution in [-0.2, 0) is 4.79 Å². The van der Waals surface area contributed by atoms with Crippen LogP contribution in [0.15, 0.2) is 11.8 Å². The molecule has 0 aromatic carbocycles. The molecule has 0 atom stereocenters. The van der Waals surface area contributed by atoms with Gasteiger partial charge in [-0.15, -0.1) is 0 Å². The van der Waals surface area contributed by atoms with Crippen LogP contribution in [0.3, 0.4) is 0 Å². The zero-order chi connectivity index (χ0) is 32.4. The molecule has 0 spiro atoms. The van der Waals surface area contributed by atoms with E-state index in [1.54, 1.807) is 0 Å². The van der Waals surface area contributed by atoms with Crippen molar-refractivity contribution in [1.29, 1.82) is 0 Å². The number of carbonyl (C=O) groups is 1. The number of nitro groups is 1. The van der Waals surface area contributed by atoms with Gasteiger partial charge in [0.15, 0.2) is 0 Å². The first-order chi connectivity index (χ1) is 17.5. The fourth-order valence-electron chi connectivity index (χ4n) is 1.58. The zero-order valence-corrected chi connectivity index (χ0v) is 12.6. The van der Waals surface area contributed by atoms with Crippen LogP contribution in [0.2, 0.25) is 0 Å². The maximum Gasteiger partial charge on any atom is 0.303 e. The van der Waals surface area contributed by atoms with Crippen LogP contribution in [0.25, 0.3) is 0 Å². The Morgan fingerprint density at radius 1 is 1.13 bits per heavy atom. The Hall–Kier alpha value is -1.39. The van der Waals surface area contributed by atoms with Crippen molar-refractivity contribution in [3.05, 3.63) is 21.9 Å². The molecule has 0 amide bonds. The first-order valence-corrected chi connectivity index (χ1v) is 7.07. The van der Waals surface area contributed by atoms with Gasteiger partial charge in [-0.05, 0) is 31.7 Å². The van der Waals surface area contributed by atoms with Crippen molar-refractivity contribution in [3.63, 3.8) is 0 Å². The summed E-state index contributed by atoms with van der Waals surface area (Å²) in [7, 11) is 0. The molecule has 0 rings (SSSR count). The minimum atomic E-state index is -4.50. The summed E-state index contributed by atoms with van der Waals surface area (Å²) in [6, 6.07) is 0. The average Bonchev–Trinajstić information content (AvgIpc) is 2.75. The molecule has 5 nitrogen and oxygen atoms in total. The second kappa shape index (κ2) is 15.5. The fourth-order valence-corrected chi connectivity index (χ4v) is 1.58. The molecular formula is C18H33NO4. The molecule has 0 aromatic rings. The summed E-state index contributed by atoms with van der Waals surface area (Å²) in [5.41, 5.74) is -1.52. The third-order valence-electron chi connectivity index (χ3n) is 2.63. The standard InChI is InChI=1S/C18H33NO4/c1-2-3-4-5-8-11-14-17(19(22)23)15-12-9-6-7-10-13-16-18(20)21/h15H,2-14,16H2,1H3,(H,20,21)/b17-15+/i1D3,2D2,3D2,4D2,5D2,8D2,11D2,14D2. The second-order valence-corrected chi connectivity index (χ2v) is 4.42. The van der Waals surface area contributed by atoms with Gasteiger partial charge < -0.3 is 5.11 Å². The Morgan fingerprint density at radius 2 is 1.78 bits per heavy atom. The molecule has 0 bridgehead atoms. The number of carboxylic acid groups (broad SMARTS) is 1. The van der Waals surface area contributed by atoms with E-state index in [0.717, 1.165) is 0 Å². The van der Waals surface area contributed by atoms with Crippen LogP contribution in [0.4, 0.5) is 0 Å². The Bertz CT molecular complexity index is 943. The predicted octanol–water partition coefficient (Wildman–Crippen LogP) is 5.71.